The molecule has 6 heteroatoms. The number of anilines is 1. The van der Waals surface area contributed by atoms with Crippen LogP contribution in [0.15, 0.2) is 77.4 Å². The van der Waals surface area contributed by atoms with Gasteiger partial charge in [0.1, 0.15) is 11.5 Å². The lowest BCUT2D eigenvalue weighted by Gasteiger charge is -2.18. The summed E-state index contributed by atoms with van der Waals surface area (Å²) in [6.45, 7) is 2.01. The first-order valence-electron chi connectivity index (χ1n) is 8.85. The van der Waals surface area contributed by atoms with Gasteiger partial charge in [0.2, 0.25) is 0 Å². The van der Waals surface area contributed by atoms with Crippen LogP contribution in [0, 0.1) is 6.92 Å². The molecule has 1 amide bonds. The molecule has 0 aliphatic carbocycles. The molecule has 0 aromatic heterocycles. The standard InChI is InChI=1S/C23H15Cl3N2O/c1-14-2-4-15(5-3-14)22-27-21(12-16-6-7-18(25)13-20(16)26)23(29)28(22)19-10-8-17(24)9-11-19/h2-13H,1H3/b21-12+. The van der Waals surface area contributed by atoms with Gasteiger partial charge in [-0.1, -0.05) is 70.7 Å². The SMILES string of the molecule is Cc1ccc(C2=N/C(=C/c3ccc(Cl)cc3Cl)C(=O)N2c2ccc(Cl)cc2)cc1. The molecule has 0 fully saturated rings. The molecule has 3 aromatic carbocycles. The molecule has 0 saturated carbocycles. The molecule has 1 aliphatic rings. The second-order valence-corrected chi connectivity index (χ2v) is 7.89. The van der Waals surface area contributed by atoms with E-state index in [1.165, 1.54) is 0 Å². The maximum Gasteiger partial charge on any atom is 0.282 e. The first-order valence-corrected chi connectivity index (χ1v) is 9.98. The van der Waals surface area contributed by atoms with Crippen molar-refractivity contribution in [3.63, 3.8) is 0 Å². The van der Waals surface area contributed by atoms with Crippen LogP contribution in [0.4, 0.5) is 5.69 Å². The maximum absolute atomic E-state index is 13.3. The molecule has 0 radical (unpaired) electrons. The summed E-state index contributed by atoms with van der Waals surface area (Å²) in [7, 11) is 0. The summed E-state index contributed by atoms with van der Waals surface area (Å²) >= 11 is 18.3. The lowest BCUT2D eigenvalue weighted by Crippen LogP contribution is -2.32. The Morgan fingerprint density at radius 1 is 0.862 bits per heavy atom. The number of aliphatic imine (C=N–C) groups is 1. The zero-order valence-electron chi connectivity index (χ0n) is 15.4. The third-order valence-electron chi connectivity index (χ3n) is 4.51. The molecule has 0 saturated heterocycles. The summed E-state index contributed by atoms with van der Waals surface area (Å²) in [4.78, 5) is 19.5. The summed E-state index contributed by atoms with van der Waals surface area (Å²) in [5, 5.41) is 1.58. The van der Waals surface area contributed by atoms with E-state index in [0.717, 1.165) is 11.1 Å². The van der Waals surface area contributed by atoms with Crippen molar-refractivity contribution < 1.29 is 4.79 Å². The van der Waals surface area contributed by atoms with Gasteiger partial charge in [0, 0.05) is 20.6 Å². The van der Waals surface area contributed by atoms with Crippen LogP contribution in [-0.2, 0) is 4.79 Å². The topological polar surface area (TPSA) is 32.7 Å². The van der Waals surface area contributed by atoms with E-state index in [0.29, 0.717) is 37.9 Å². The molecule has 0 bridgehead atoms. The fraction of sp³-hybridized carbons (Fsp3) is 0.0435. The number of aryl methyl sites for hydroxylation is 1. The van der Waals surface area contributed by atoms with Gasteiger partial charge >= 0.3 is 0 Å². The summed E-state index contributed by atoms with van der Waals surface area (Å²) < 4.78 is 0. The van der Waals surface area contributed by atoms with Crippen molar-refractivity contribution in [2.45, 2.75) is 6.92 Å². The van der Waals surface area contributed by atoms with Crippen LogP contribution in [0.2, 0.25) is 15.1 Å². The second kappa shape index (κ2) is 8.03. The number of amidine groups is 1. The predicted octanol–water partition coefficient (Wildman–Crippen LogP) is 6.79. The molecule has 0 spiro atoms. The fourth-order valence-electron chi connectivity index (χ4n) is 3.01. The van der Waals surface area contributed by atoms with Crippen LogP contribution in [0.1, 0.15) is 16.7 Å². The van der Waals surface area contributed by atoms with Gasteiger partial charge in [-0.3, -0.25) is 9.69 Å². The highest BCUT2D eigenvalue weighted by atomic mass is 35.5. The highest BCUT2D eigenvalue weighted by molar-refractivity contribution is 6.36. The van der Waals surface area contributed by atoms with Crippen LogP contribution in [0.5, 0.6) is 0 Å². The molecule has 1 heterocycles. The van der Waals surface area contributed by atoms with Crippen molar-refractivity contribution in [1.82, 2.24) is 0 Å². The normalized spacial score (nSPS) is 15.2. The number of amides is 1. The number of benzene rings is 3. The Morgan fingerprint density at radius 2 is 1.52 bits per heavy atom. The predicted molar refractivity (Wildman–Crippen MR) is 121 cm³/mol. The van der Waals surface area contributed by atoms with Crippen molar-refractivity contribution in [1.29, 1.82) is 0 Å². The first kappa shape index (κ1) is 19.7. The van der Waals surface area contributed by atoms with Crippen LogP contribution >= 0.6 is 34.8 Å². The number of rotatable bonds is 3. The Labute approximate surface area is 183 Å². The molecule has 0 N–H and O–H groups in total. The van der Waals surface area contributed by atoms with Crippen molar-refractivity contribution >= 4 is 58.3 Å². The van der Waals surface area contributed by atoms with Gasteiger partial charge in [-0.05, 0) is 55.0 Å². The third-order valence-corrected chi connectivity index (χ3v) is 5.32. The average molecular weight is 442 g/mol. The van der Waals surface area contributed by atoms with Crippen molar-refractivity contribution in [3.05, 3.63) is 104 Å². The number of nitrogens with zero attached hydrogens (tertiary/aromatic N) is 2. The summed E-state index contributed by atoms with van der Waals surface area (Å²) in [6.07, 6.45) is 1.67. The van der Waals surface area contributed by atoms with E-state index in [1.807, 2.05) is 31.2 Å². The van der Waals surface area contributed by atoms with E-state index in [4.69, 9.17) is 34.8 Å². The Balaban J connectivity index is 1.83. The summed E-state index contributed by atoms with van der Waals surface area (Å²) in [6, 6.07) is 20.1. The molecular weight excluding hydrogens is 427 g/mol. The molecule has 3 nitrogen and oxygen atoms in total. The Morgan fingerprint density at radius 3 is 2.17 bits per heavy atom. The first-order chi connectivity index (χ1) is 13.9. The minimum atomic E-state index is -0.242. The van der Waals surface area contributed by atoms with Crippen molar-refractivity contribution in [3.8, 4) is 0 Å². The van der Waals surface area contributed by atoms with Gasteiger partial charge in [0.25, 0.3) is 5.91 Å². The Hall–Kier alpha value is -2.59. The smallest absolute Gasteiger partial charge is 0.266 e. The molecular formula is C23H15Cl3N2O. The Bertz CT molecular complexity index is 1150. The van der Waals surface area contributed by atoms with Crippen LogP contribution in [0.3, 0.4) is 0 Å². The van der Waals surface area contributed by atoms with Crippen molar-refractivity contribution in [2.75, 3.05) is 4.90 Å². The average Bonchev–Trinajstić information content (AvgIpc) is 3.01. The number of carbonyl (C=O) groups excluding carboxylic acids is 1. The van der Waals surface area contributed by atoms with Crippen molar-refractivity contribution in [2.24, 2.45) is 4.99 Å². The van der Waals surface area contributed by atoms with Gasteiger partial charge < -0.3 is 0 Å². The van der Waals surface area contributed by atoms with Crippen LogP contribution in [0.25, 0.3) is 6.08 Å². The van der Waals surface area contributed by atoms with Gasteiger partial charge in [0.05, 0.1) is 5.69 Å². The summed E-state index contributed by atoms with van der Waals surface area (Å²) in [5.41, 5.74) is 3.61. The van der Waals surface area contributed by atoms with Gasteiger partial charge in [-0.2, -0.15) is 0 Å². The largest absolute Gasteiger partial charge is 0.282 e. The van der Waals surface area contributed by atoms with Crippen LogP contribution in [-0.4, -0.2) is 11.7 Å². The Kier molecular flexibility index (Phi) is 5.46. The van der Waals surface area contributed by atoms with Gasteiger partial charge in [0.15, 0.2) is 0 Å². The van der Waals surface area contributed by atoms with Gasteiger partial charge in [-0.15, -0.1) is 0 Å². The highest BCUT2D eigenvalue weighted by Gasteiger charge is 2.32. The van der Waals surface area contributed by atoms with E-state index in [-0.39, 0.29) is 5.91 Å². The lowest BCUT2D eigenvalue weighted by atomic mass is 10.1. The van der Waals surface area contributed by atoms with Crippen LogP contribution < -0.4 is 4.90 Å². The second-order valence-electron chi connectivity index (χ2n) is 6.61. The monoisotopic (exact) mass is 440 g/mol. The number of hydrogen-bond acceptors (Lipinski definition) is 2. The zero-order valence-corrected chi connectivity index (χ0v) is 17.6. The number of hydrogen-bond donors (Lipinski definition) is 0. The van der Waals surface area contributed by atoms with E-state index in [2.05, 4.69) is 4.99 Å². The minimum absolute atomic E-state index is 0.242. The molecule has 144 valence electrons. The van der Waals surface area contributed by atoms with E-state index in [1.54, 1.807) is 53.4 Å². The number of halogens is 3. The molecule has 0 atom stereocenters. The third kappa shape index (κ3) is 4.08. The highest BCUT2D eigenvalue weighted by Crippen LogP contribution is 2.30. The minimum Gasteiger partial charge on any atom is -0.266 e. The molecule has 1 aliphatic heterocycles. The summed E-state index contributed by atoms with van der Waals surface area (Å²) in [5.74, 6) is 0.308. The lowest BCUT2D eigenvalue weighted by molar-refractivity contribution is -0.113. The molecule has 29 heavy (non-hydrogen) atoms. The van der Waals surface area contributed by atoms with E-state index < -0.39 is 0 Å². The maximum atomic E-state index is 13.3. The van der Waals surface area contributed by atoms with E-state index >= 15 is 0 Å². The fourth-order valence-corrected chi connectivity index (χ4v) is 3.60. The molecule has 4 rings (SSSR count). The van der Waals surface area contributed by atoms with Gasteiger partial charge in [-0.25, -0.2) is 4.99 Å². The number of carbonyl (C=O) groups is 1. The van der Waals surface area contributed by atoms with E-state index in [9.17, 15) is 4.79 Å². The zero-order chi connectivity index (χ0) is 20.5. The molecule has 0 unspecified atom stereocenters. The molecule has 3 aromatic rings. The quantitative estimate of drug-likeness (QED) is 0.412.